The number of benzene rings is 3. The van der Waals surface area contributed by atoms with Gasteiger partial charge >= 0.3 is 0 Å². The monoisotopic (exact) mass is 539 g/mol. The van der Waals surface area contributed by atoms with Crippen LogP contribution in [-0.2, 0) is 6.54 Å². The minimum atomic E-state index is -0.275. The smallest absolute Gasteiger partial charge is 0.165 e. The highest BCUT2D eigenvalue weighted by Gasteiger charge is 2.44. The van der Waals surface area contributed by atoms with E-state index in [0.717, 1.165) is 71.4 Å². The molecule has 1 saturated carbocycles. The van der Waals surface area contributed by atoms with Gasteiger partial charge in [-0.2, -0.15) is 10.2 Å². The van der Waals surface area contributed by atoms with Crippen molar-refractivity contribution in [1.82, 2.24) is 15.1 Å². The van der Waals surface area contributed by atoms with Gasteiger partial charge in [-0.05, 0) is 86.0 Å². The van der Waals surface area contributed by atoms with E-state index in [1.54, 1.807) is 25.4 Å². The first-order valence-corrected chi connectivity index (χ1v) is 14.1. The Labute approximate surface area is 234 Å². The minimum absolute atomic E-state index is 0.165. The summed E-state index contributed by atoms with van der Waals surface area (Å²) >= 11 is 0. The summed E-state index contributed by atoms with van der Waals surface area (Å²) in [6, 6.07) is 18.8. The molecular weight excluding hydrogens is 505 g/mol. The van der Waals surface area contributed by atoms with E-state index in [0.29, 0.717) is 36.5 Å². The van der Waals surface area contributed by atoms with Gasteiger partial charge in [0.05, 0.1) is 31.0 Å². The van der Waals surface area contributed by atoms with Gasteiger partial charge in [0, 0.05) is 30.0 Å². The molecule has 0 bridgehead atoms. The van der Waals surface area contributed by atoms with Crippen LogP contribution < -0.4 is 9.47 Å². The predicted molar refractivity (Wildman–Crippen MR) is 153 cm³/mol. The maximum absolute atomic E-state index is 13.6. The molecule has 2 fully saturated rings. The van der Waals surface area contributed by atoms with Gasteiger partial charge in [0.15, 0.2) is 5.78 Å². The normalized spacial score (nSPS) is 20.5. The number of hydrogen-bond acceptors (Lipinski definition) is 6. The molecule has 0 radical (unpaired) electrons. The number of ether oxygens (including phenoxy) is 2. The lowest BCUT2D eigenvalue weighted by Crippen LogP contribution is -2.30. The lowest BCUT2D eigenvalue weighted by atomic mass is 9.87. The van der Waals surface area contributed by atoms with E-state index >= 15 is 0 Å². The molecule has 6 rings (SSSR count). The molecule has 2 heterocycles. The molecule has 0 amide bonds. The van der Waals surface area contributed by atoms with Crippen LogP contribution in [0, 0.1) is 17.7 Å². The van der Waals surface area contributed by atoms with Crippen LogP contribution in [0.2, 0.25) is 0 Å². The summed E-state index contributed by atoms with van der Waals surface area (Å²) in [6.07, 6.45) is 5.43. The zero-order valence-corrected chi connectivity index (χ0v) is 23.0. The SMILES string of the molecule is CCOc1cc(CN2CC[C@H]3C(CC(=O)c4cnnc5ccccc45)CC[C@H]32)cc(OC)c1-c1ccc(F)cc1. The average Bonchev–Trinajstić information content (AvgIpc) is 3.56. The Morgan fingerprint density at radius 3 is 2.65 bits per heavy atom. The summed E-state index contributed by atoms with van der Waals surface area (Å²) in [5, 5.41) is 9.14. The predicted octanol–water partition coefficient (Wildman–Crippen LogP) is 6.72. The Morgan fingerprint density at radius 1 is 1.05 bits per heavy atom. The third kappa shape index (κ3) is 5.06. The van der Waals surface area contributed by atoms with E-state index < -0.39 is 0 Å². The van der Waals surface area contributed by atoms with Crippen molar-refractivity contribution >= 4 is 16.7 Å². The van der Waals surface area contributed by atoms with Crippen molar-refractivity contribution in [3.8, 4) is 22.6 Å². The van der Waals surface area contributed by atoms with E-state index in [9.17, 15) is 9.18 Å². The number of fused-ring (bicyclic) bond motifs is 2. The van der Waals surface area contributed by atoms with E-state index in [-0.39, 0.29) is 11.6 Å². The highest BCUT2D eigenvalue weighted by molar-refractivity contribution is 6.06. The van der Waals surface area contributed by atoms with Crippen LogP contribution >= 0.6 is 0 Å². The van der Waals surface area contributed by atoms with Crippen molar-refractivity contribution < 1.29 is 18.7 Å². The maximum Gasteiger partial charge on any atom is 0.165 e. The van der Waals surface area contributed by atoms with Gasteiger partial charge in [-0.15, -0.1) is 0 Å². The average molecular weight is 540 g/mol. The molecule has 1 unspecified atom stereocenters. The molecule has 4 aromatic rings. The molecule has 2 aliphatic rings. The van der Waals surface area contributed by atoms with Gasteiger partial charge in [0.25, 0.3) is 0 Å². The van der Waals surface area contributed by atoms with Gasteiger partial charge in [-0.1, -0.05) is 30.3 Å². The van der Waals surface area contributed by atoms with Crippen molar-refractivity contribution in [2.45, 2.75) is 45.2 Å². The van der Waals surface area contributed by atoms with Crippen LogP contribution in [0.3, 0.4) is 0 Å². The molecule has 40 heavy (non-hydrogen) atoms. The first kappa shape index (κ1) is 26.4. The first-order chi connectivity index (χ1) is 19.6. The Kier molecular flexibility index (Phi) is 7.48. The first-order valence-electron chi connectivity index (χ1n) is 14.1. The fraction of sp³-hybridized carbons (Fsp3) is 0.364. The number of carbonyl (C=O) groups excluding carboxylic acids is 1. The number of hydrogen-bond donors (Lipinski definition) is 0. The number of nitrogens with zero attached hydrogens (tertiary/aromatic N) is 3. The molecule has 1 saturated heterocycles. The summed E-state index contributed by atoms with van der Waals surface area (Å²) in [6.45, 7) is 4.28. The fourth-order valence-corrected chi connectivity index (χ4v) is 6.82. The summed E-state index contributed by atoms with van der Waals surface area (Å²) in [5.41, 5.74) is 4.26. The number of ketones is 1. The number of halogens is 1. The molecule has 6 nitrogen and oxygen atoms in total. The summed E-state index contributed by atoms with van der Waals surface area (Å²) in [7, 11) is 1.66. The van der Waals surface area contributed by atoms with E-state index in [4.69, 9.17) is 9.47 Å². The fourth-order valence-electron chi connectivity index (χ4n) is 6.82. The summed E-state index contributed by atoms with van der Waals surface area (Å²) < 4.78 is 25.4. The quantitative estimate of drug-likeness (QED) is 0.220. The van der Waals surface area contributed by atoms with Gasteiger partial charge < -0.3 is 9.47 Å². The van der Waals surface area contributed by atoms with Gasteiger partial charge in [0.2, 0.25) is 0 Å². The van der Waals surface area contributed by atoms with Crippen LogP contribution in [0.1, 0.15) is 48.5 Å². The van der Waals surface area contributed by atoms with Crippen molar-refractivity contribution in [2.75, 3.05) is 20.3 Å². The summed E-state index contributed by atoms with van der Waals surface area (Å²) in [4.78, 5) is 15.9. The third-order valence-electron chi connectivity index (χ3n) is 8.61. The van der Waals surface area contributed by atoms with E-state index in [2.05, 4.69) is 27.2 Å². The molecule has 206 valence electrons. The lowest BCUT2D eigenvalue weighted by Gasteiger charge is -2.25. The highest BCUT2D eigenvalue weighted by atomic mass is 19.1. The van der Waals surface area contributed by atoms with Crippen LogP contribution in [0.25, 0.3) is 22.0 Å². The van der Waals surface area contributed by atoms with Crippen molar-refractivity contribution in [2.24, 2.45) is 11.8 Å². The Hall–Kier alpha value is -3.84. The number of carbonyl (C=O) groups is 1. The highest BCUT2D eigenvalue weighted by Crippen LogP contribution is 2.46. The second-order valence-electron chi connectivity index (χ2n) is 10.8. The second kappa shape index (κ2) is 11.3. The Bertz CT molecular complexity index is 1520. The lowest BCUT2D eigenvalue weighted by molar-refractivity contribution is 0.0950. The van der Waals surface area contributed by atoms with Gasteiger partial charge in [-0.25, -0.2) is 4.39 Å². The molecule has 1 aliphatic carbocycles. The minimum Gasteiger partial charge on any atom is -0.496 e. The third-order valence-corrected chi connectivity index (χ3v) is 8.61. The molecule has 3 aromatic carbocycles. The topological polar surface area (TPSA) is 64.5 Å². The van der Waals surface area contributed by atoms with Gasteiger partial charge in [0.1, 0.15) is 17.3 Å². The molecule has 0 N–H and O–H groups in total. The van der Waals surface area contributed by atoms with Crippen molar-refractivity contribution in [3.05, 3.63) is 83.8 Å². The largest absolute Gasteiger partial charge is 0.496 e. The van der Waals surface area contributed by atoms with Gasteiger partial charge in [-0.3, -0.25) is 9.69 Å². The maximum atomic E-state index is 13.6. The number of aromatic nitrogens is 2. The molecule has 1 aromatic heterocycles. The van der Waals surface area contributed by atoms with E-state index in [1.807, 2.05) is 31.2 Å². The number of methoxy groups -OCH3 is 1. The molecular formula is C33H34FN3O3. The number of likely N-dealkylation sites (tertiary alicyclic amines) is 1. The number of Topliss-reactive ketones (excluding diaryl/α,β-unsaturated/α-hetero) is 1. The number of rotatable bonds is 9. The van der Waals surface area contributed by atoms with Crippen LogP contribution in [0.15, 0.2) is 66.9 Å². The van der Waals surface area contributed by atoms with Crippen LogP contribution in [0.5, 0.6) is 11.5 Å². The Balaban J connectivity index is 1.19. The van der Waals surface area contributed by atoms with Crippen LogP contribution in [0.4, 0.5) is 4.39 Å². The van der Waals surface area contributed by atoms with Crippen LogP contribution in [-0.4, -0.2) is 47.2 Å². The Morgan fingerprint density at radius 2 is 1.85 bits per heavy atom. The molecule has 7 heteroatoms. The molecule has 0 spiro atoms. The standard InChI is InChI=1S/C33H34FN3O3/c1-3-40-32-17-21(16-31(39-2)33(32)22-8-11-24(34)12-9-22)20-37-15-14-25-23(10-13-29(25)37)18-30(38)27-19-35-36-28-7-5-4-6-26(27)28/h4-9,11-12,16-17,19,23,25,29H,3,10,13-15,18,20H2,1-2H3/t23?,25-,29+/m0/s1. The zero-order valence-electron chi connectivity index (χ0n) is 23.0. The zero-order chi connectivity index (χ0) is 27.6. The van der Waals surface area contributed by atoms with E-state index in [1.165, 1.54) is 12.1 Å². The van der Waals surface area contributed by atoms with Crippen molar-refractivity contribution in [1.29, 1.82) is 0 Å². The van der Waals surface area contributed by atoms with Crippen molar-refractivity contribution in [3.63, 3.8) is 0 Å². The molecule has 3 atom stereocenters. The summed E-state index contributed by atoms with van der Waals surface area (Å²) in [5.74, 6) is 2.24. The molecule has 1 aliphatic heterocycles. The second-order valence-corrected chi connectivity index (χ2v) is 10.8.